The second-order valence-corrected chi connectivity index (χ2v) is 8.46. The van der Waals surface area contributed by atoms with Gasteiger partial charge in [0, 0.05) is 12.1 Å². The normalized spacial score (nSPS) is 17.6. The molecule has 0 aliphatic carbocycles. The molecule has 0 bridgehead atoms. The van der Waals surface area contributed by atoms with Gasteiger partial charge in [-0.25, -0.2) is 0 Å². The van der Waals surface area contributed by atoms with Gasteiger partial charge in [-0.05, 0) is 34.7 Å². The van der Waals surface area contributed by atoms with Crippen LogP contribution in [0.5, 0.6) is 5.75 Å². The zero-order chi connectivity index (χ0) is 23.5. The number of benzene rings is 3. The largest absolute Gasteiger partial charge is 0.507 e. The van der Waals surface area contributed by atoms with Crippen molar-refractivity contribution in [2.45, 2.75) is 32.4 Å². The Morgan fingerprint density at radius 2 is 1.58 bits per heavy atom. The lowest BCUT2D eigenvalue weighted by Gasteiger charge is -2.26. The second kappa shape index (κ2) is 9.33. The predicted molar refractivity (Wildman–Crippen MR) is 128 cm³/mol. The Hall–Kier alpha value is -3.86. The minimum atomic E-state index is -0.687. The minimum absolute atomic E-state index is 0.108. The first-order chi connectivity index (χ1) is 15.9. The van der Waals surface area contributed by atoms with Gasteiger partial charge in [0.25, 0.3) is 11.7 Å². The predicted octanol–water partition coefficient (Wildman–Crippen LogP) is 5.44. The van der Waals surface area contributed by atoms with Crippen LogP contribution in [0.15, 0.2) is 84.4 Å². The molecule has 1 atom stereocenters. The van der Waals surface area contributed by atoms with Crippen LogP contribution in [0.3, 0.4) is 0 Å². The van der Waals surface area contributed by atoms with Crippen LogP contribution < -0.4 is 4.74 Å². The van der Waals surface area contributed by atoms with Gasteiger partial charge < -0.3 is 14.7 Å². The molecule has 0 radical (unpaired) electrons. The third-order valence-electron chi connectivity index (χ3n) is 6.02. The fraction of sp³-hybridized carbons (Fsp3) is 0.214. The van der Waals surface area contributed by atoms with Crippen molar-refractivity contribution in [1.82, 2.24) is 4.90 Å². The number of rotatable bonds is 6. The molecule has 4 rings (SSSR count). The molecule has 0 spiro atoms. The Bertz CT molecular complexity index is 1180. The molecule has 1 amide bonds. The lowest BCUT2D eigenvalue weighted by Crippen LogP contribution is -2.29. The van der Waals surface area contributed by atoms with Crippen LogP contribution in [-0.2, 0) is 16.1 Å². The smallest absolute Gasteiger partial charge is 0.295 e. The van der Waals surface area contributed by atoms with Crippen molar-refractivity contribution in [3.63, 3.8) is 0 Å². The van der Waals surface area contributed by atoms with Gasteiger partial charge in [-0.2, -0.15) is 0 Å². The van der Waals surface area contributed by atoms with E-state index in [1.807, 2.05) is 54.6 Å². The Morgan fingerprint density at radius 1 is 0.939 bits per heavy atom. The lowest BCUT2D eigenvalue weighted by atomic mass is 9.93. The number of aliphatic hydroxyl groups is 1. The molecule has 1 heterocycles. The van der Waals surface area contributed by atoms with Gasteiger partial charge in [-0.15, -0.1) is 0 Å². The third kappa shape index (κ3) is 4.40. The molecule has 1 fully saturated rings. The van der Waals surface area contributed by atoms with Crippen molar-refractivity contribution >= 4 is 17.4 Å². The second-order valence-electron chi connectivity index (χ2n) is 8.46. The number of likely N-dealkylation sites (tertiary alicyclic amines) is 1. The highest BCUT2D eigenvalue weighted by Crippen LogP contribution is 2.40. The number of amides is 1. The summed E-state index contributed by atoms with van der Waals surface area (Å²) in [4.78, 5) is 27.8. The number of ketones is 1. The molecule has 1 aliphatic rings. The maximum atomic E-state index is 13.2. The molecule has 1 saturated heterocycles. The van der Waals surface area contributed by atoms with E-state index in [-0.39, 0.29) is 17.9 Å². The number of Topliss-reactive ketones (excluding diaryl/α,β-unsaturated/α-hetero) is 1. The van der Waals surface area contributed by atoms with Crippen LogP contribution in [-0.4, -0.2) is 28.8 Å². The van der Waals surface area contributed by atoms with Crippen LogP contribution in [0, 0.1) is 0 Å². The van der Waals surface area contributed by atoms with Gasteiger partial charge in [-0.3, -0.25) is 9.59 Å². The van der Waals surface area contributed by atoms with E-state index in [0.717, 1.165) is 16.7 Å². The highest BCUT2D eigenvalue weighted by Gasteiger charge is 2.46. The van der Waals surface area contributed by atoms with Crippen LogP contribution in [0.4, 0.5) is 0 Å². The first-order valence-electron chi connectivity index (χ1n) is 11.0. The molecule has 0 saturated carbocycles. The molecular formula is C28H27NO4. The number of methoxy groups -OCH3 is 1. The first kappa shape index (κ1) is 22.3. The standard InChI is InChI=1S/C28H27NO4/c1-18(2)20-11-13-21(14-12-20)25-24(26(30)22-7-5-4-6-8-22)27(31)28(32)29(25)17-19-9-15-23(33-3)16-10-19/h4-16,18,25,30H,17H2,1-3H3/b26-24-. The number of nitrogens with zero attached hydrogens (tertiary/aromatic N) is 1. The first-order valence-corrected chi connectivity index (χ1v) is 11.0. The van der Waals surface area contributed by atoms with Gasteiger partial charge >= 0.3 is 0 Å². The molecule has 33 heavy (non-hydrogen) atoms. The third-order valence-corrected chi connectivity index (χ3v) is 6.02. The summed E-state index contributed by atoms with van der Waals surface area (Å²) in [5, 5.41) is 11.1. The Balaban J connectivity index is 1.81. The molecule has 1 N–H and O–H groups in total. The highest BCUT2D eigenvalue weighted by atomic mass is 16.5. The maximum Gasteiger partial charge on any atom is 0.295 e. The van der Waals surface area contributed by atoms with Gasteiger partial charge in [0.15, 0.2) is 0 Å². The monoisotopic (exact) mass is 441 g/mol. The summed E-state index contributed by atoms with van der Waals surface area (Å²) in [5.74, 6) is -0.395. The molecule has 5 heteroatoms. The molecule has 3 aromatic carbocycles. The Labute approximate surface area is 193 Å². The van der Waals surface area contributed by atoms with Gasteiger partial charge in [-0.1, -0.05) is 80.6 Å². The lowest BCUT2D eigenvalue weighted by molar-refractivity contribution is -0.140. The van der Waals surface area contributed by atoms with Gasteiger partial charge in [0.1, 0.15) is 11.5 Å². The van der Waals surface area contributed by atoms with Crippen molar-refractivity contribution in [1.29, 1.82) is 0 Å². The van der Waals surface area contributed by atoms with Crippen LogP contribution >= 0.6 is 0 Å². The fourth-order valence-electron chi connectivity index (χ4n) is 4.13. The summed E-state index contributed by atoms with van der Waals surface area (Å²) < 4.78 is 5.22. The Morgan fingerprint density at radius 3 is 2.15 bits per heavy atom. The molecular weight excluding hydrogens is 414 g/mol. The van der Waals surface area contributed by atoms with Crippen molar-refractivity contribution in [3.8, 4) is 5.75 Å². The van der Waals surface area contributed by atoms with E-state index >= 15 is 0 Å². The summed E-state index contributed by atoms with van der Waals surface area (Å²) in [6, 6.07) is 23.4. The number of hydrogen-bond donors (Lipinski definition) is 1. The average molecular weight is 442 g/mol. The number of carbonyl (C=O) groups is 2. The van der Waals surface area contributed by atoms with Crippen molar-refractivity contribution < 1.29 is 19.4 Å². The zero-order valence-corrected chi connectivity index (χ0v) is 19.0. The van der Waals surface area contributed by atoms with E-state index in [9.17, 15) is 14.7 Å². The van der Waals surface area contributed by atoms with Crippen LogP contribution in [0.1, 0.15) is 48.1 Å². The highest BCUT2D eigenvalue weighted by molar-refractivity contribution is 6.46. The zero-order valence-electron chi connectivity index (χ0n) is 19.0. The summed E-state index contributed by atoms with van der Waals surface area (Å²) in [5.41, 5.74) is 3.42. The number of aliphatic hydroxyl groups excluding tert-OH is 1. The van der Waals surface area contributed by atoms with E-state index in [4.69, 9.17) is 4.74 Å². The maximum absolute atomic E-state index is 13.2. The number of carbonyl (C=O) groups excluding carboxylic acids is 2. The molecule has 1 unspecified atom stereocenters. The number of ether oxygens (including phenoxy) is 1. The summed E-state index contributed by atoms with van der Waals surface area (Å²) in [6.07, 6.45) is 0. The number of hydrogen-bond acceptors (Lipinski definition) is 4. The minimum Gasteiger partial charge on any atom is -0.507 e. The average Bonchev–Trinajstić information content (AvgIpc) is 3.09. The van der Waals surface area contributed by atoms with E-state index in [1.165, 1.54) is 4.90 Å². The summed E-state index contributed by atoms with van der Waals surface area (Å²) in [7, 11) is 1.60. The van der Waals surface area contributed by atoms with Crippen molar-refractivity contribution in [2.75, 3.05) is 7.11 Å². The molecule has 0 aromatic heterocycles. The Kier molecular flexibility index (Phi) is 6.31. The molecule has 1 aliphatic heterocycles. The molecule has 168 valence electrons. The summed E-state index contributed by atoms with van der Waals surface area (Å²) in [6.45, 7) is 4.46. The fourth-order valence-corrected chi connectivity index (χ4v) is 4.13. The van der Waals surface area contributed by atoms with E-state index in [2.05, 4.69) is 13.8 Å². The van der Waals surface area contributed by atoms with Crippen molar-refractivity contribution in [3.05, 3.63) is 107 Å². The van der Waals surface area contributed by atoms with E-state index < -0.39 is 17.7 Å². The van der Waals surface area contributed by atoms with Crippen molar-refractivity contribution in [2.24, 2.45) is 0 Å². The van der Waals surface area contributed by atoms with Crippen LogP contribution in [0.2, 0.25) is 0 Å². The van der Waals surface area contributed by atoms with Gasteiger partial charge in [0.05, 0.1) is 18.7 Å². The van der Waals surface area contributed by atoms with E-state index in [1.54, 1.807) is 31.4 Å². The quantitative estimate of drug-likeness (QED) is 0.314. The summed E-state index contributed by atoms with van der Waals surface area (Å²) >= 11 is 0. The van der Waals surface area contributed by atoms with Gasteiger partial charge in [0.2, 0.25) is 0 Å². The SMILES string of the molecule is COc1ccc(CN2C(=O)C(=O)/C(=C(\O)c3ccccc3)C2c2ccc(C(C)C)cc2)cc1. The van der Waals surface area contributed by atoms with Crippen LogP contribution in [0.25, 0.3) is 5.76 Å². The molecule has 3 aromatic rings. The van der Waals surface area contributed by atoms with E-state index in [0.29, 0.717) is 17.2 Å². The molecule has 5 nitrogen and oxygen atoms in total. The topological polar surface area (TPSA) is 66.8 Å².